The summed E-state index contributed by atoms with van der Waals surface area (Å²) in [5, 5.41) is 3.12. The van der Waals surface area contributed by atoms with Gasteiger partial charge in [-0.25, -0.2) is 13.1 Å². The second kappa shape index (κ2) is 7.15. The molecule has 4 nitrogen and oxygen atoms in total. The van der Waals surface area contributed by atoms with Crippen LogP contribution < -0.4 is 10.0 Å². The van der Waals surface area contributed by atoms with Gasteiger partial charge in [-0.3, -0.25) is 0 Å². The lowest BCUT2D eigenvalue weighted by Gasteiger charge is -2.59. The third-order valence-electron chi connectivity index (χ3n) is 7.34. The quantitative estimate of drug-likeness (QED) is 0.648. The van der Waals surface area contributed by atoms with Crippen molar-refractivity contribution in [3.05, 3.63) is 23.8 Å². The molecule has 8 heteroatoms. The van der Waals surface area contributed by atoms with Crippen molar-refractivity contribution in [2.75, 3.05) is 18.4 Å². The molecule has 4 saturated carbocycles. The average molecular weight is 431 g/mol. The summed E-state index contributed by atoms with van der Waals surface area (Å²) in [6.07, 6.45) is 0.551. The molecule has 2 N–H and O–H groups in total. The molecule has 5 rings (SSSR count). The van der Waals surface area contributed by atoms with Gasteiger partial charge in [-0.1, -0.05) is 13.8 Å². The molecule has 1 aromatic rings. The average Bonchev–Trinajstić information content (AvgIpc) is 3.48. The highest BCUT2D eigenvalue weighted by molar-refractivity contribution is 7.89. The van der Waals surface area contributed by atoms with Crippen LogP contribution in [0.4, 0.5) is 18.9 Å². The summed E-state index contributed by atoms with van der Waals surface area (Å²) in [5.41, 5.74) is -0.404. The summed E-state index contributed by atoms with van der Waals surface area (Å²) in [5.74, 6) is 2.09. The first-order valence-electron chi connectivity index (χ1n) is 10.4. The highest BCUT2D eigenvalue weighted by atomic mass is 32.2. The zero-order chi connectivity index (χ0) is 21.0. The van der Waals surface area contributed by atoms with Gasteiger partial charge in [0, 0.05) is 18.8 Å². The van der Waals surface area contributed by atoms with Crippen molar-refractivity contribution in [3.63, 3.8) is 0 Å². The van der Waals surface area contributed by atoms with Crippen LogP contribution in [0.25, 0.3) is 0 Å². The Morgan fingerprint density at radius 3 is 2.24 bits per heavy atom. The van der Waals surface area contributed by atoms with E-state index in [4.69, 9.17) is 0 Å². The minimum atomic E-state index is -4.74. The number of alkyl halides is 3. The maximum atomic E-state index is 13.6. The SMILES string of the molecule is CC1(C)C2CC(CNc3ccc(S(=O)(=O)NCC4CC4)c(C(F)(F)F)c3)CC1C2. The molecule has 4 aliphatic carbocycles. The topological polar surface area (TPSA) is 58.2 Å². The van der Waals surface area contributed by atoms with Crippen molar-refractivity contribution in [2.24, 2.45) is 29.1 Å². The lowest BCUT2D eigenvalue weighted by atomic mass is 9.47. The predicted octanol–water partition coefficient (Wildman–Crippen LogP) is 4.88. The van der Waals surface area contributed by atoms with Crippen LogP contribution in [0.1, 0.15) is 51.5 Å². The minimum absolute atomic E-state index is 0.194. The van der Waals surface area contributed by atoms with Crippen LogP contribution in [0.5, 0.6) is 0 Å². The van der Waals surface area contributed by atoms with E-state index in [1.165, 1.54) is 12.5 Å². The summed E-state index contributed by atoms with van der Waals surface area (Å²) >= 11 is 0. The lowest BCUT2D eigenvalue weighted by Crippen LogP contribution is -2.51. The zero-order valence-electron chi connectivity index (χ0n) is 16.8. The van der Waals surface area contributed by atoms with Gasteiger partial charge in [-0.15, -0.1) is 0 Å². The first-order valence-corrected chi connectivity index (χ1v) is 11.9. The van der Waals surface area contributed by atoms with Crippen molar-refractivity contribution in [1.29, 1.82) is 0 Å². The van der Waals surface area contributed by atoms with Crippen LogP contribution in [0.3, 0.4) is 0 Å². The van der Waals surface area contributed by atoms with Gasteiger partial charge in [0.05, 0.1) is 10.5 Å². The van der Waals surface area contributed by atoms with Crippen molar-refractivity contribution in [2.45, 2.75) is 57.0 Å². The van der Waals surface area contributed by atoms with Crippen molar-refractivity contribution >= 4 is 15.7 Å². The normalized spacial score (nSPS) is 28.7. The molecular weight excluding hydrogens is 401 g/mol. The van der Waals surface area contributed by atoms with Gasteiger partial charge in [0.2, 0.25) is 10.0 Å². The molecule has 4 fully saturated rings. The van der Waals surface area contributed by atoms with Crippen LogP contribution in [0.15, 0.2) is 23.1 Å². The summed E-state index contributed by atoms with van der Waals surface area (Å²) in [4.78, 5) is -0.697. The van der Waals surface area contributed by atoms with Gasteiger partial charge in [0.15, 0.2) is 0 Å². The number of hydrogen-bond donors (Lipinski definition) is 2. The molecule has 0 spiro atoms. The molecule has 0 saturated heterocycles. The Balaban J connectivity index is 1.46. The van der Waals surface area contributed by atoms with E-state index in [1.807, 2.05) is 0 Å². The smallest absolute Gasteiger partial charge is 0.385 e. The van der Waals surface area contributed by atoms with Gasteiger partial charge in [0.25, 0.3) is 0 Å². The molecule has 2 atom stereocenters. The number of fused-ring (bicyclic) bond motifs is 2. The number of halogens is 3. The minimum Gasteiger partial charge on any atom is -0.385 e. The number of benzene rings is 1. The molecule has 0 heterocycles. The summed E-state index contributed by atoms with van der Waals surface area (Å²) < 4.78 is 67.9. The second-order valence-electron chi connectivity index (χ2n) is 9.67. The Labute approximate surface area is 170 Å². The van der Waals surface area contributed by atoms with E-state index in [9.17, 15) is 21.6 Å². The standard InChI is InChI=1S/C21H29F3N2O2S/c1-20(2)15-7-14(8-16(20)9-15)11-25-17-5-6-19(18(10-17)21(22,23)24)29(27,28)26-12-13-3-4-13/h5-6,10,13-16,25-26H,3-4,7-9,11-12H2,1-2H3. The number of rotatable bonds is 7. The van der Waals surface area contributed by atoms with Gasteiger partial charge >= 0.3 is 6.18 Å². The number of hydrogen-bond acceptors (Lipinski definition) is 3. The molecule has 2 bridgehead atoms. The Kier molecular flexibility index (Phi) is 5.17. The van der Waals surface area contributed by atoms with Crippen LogP contribution in [0, 0.1) is 29.1 Å². The molecule has 2 unspecified atom stereocenters. The summed E-state index contributed by atoms with van der Waals surface area (Å²) in [6.45, 7) is 5.43. The first kappa shape index (κ1) is 21.0. The summed E-state index contributed by atoms with van der Waals surface area (Å²) in [7, 11) is -4.19. The number of nitrogens with one attached hydrogen (secondary N) is 2. The number of anilines is 1. The Hall–Kier alpha value is -1.28. The fourth-order valence-electron chi connectivity index (χ4n) is 4.98. The molecule has 29 heavy (non-hydrogen) atoms. The molecule has 0 amide bonds. The fraction of sp³-hybridized carbons (Fsp3) is 0.714. The van der Waals surface area contributed by atoms with E-state index in [1.54, 1.807) is 0 Å². The highest BCUT2D eigenvalue weighted by Gasteiger charge is 2.52. The zero-order valence-corrected chi connectivity index (χ0v) is 17.7. The van der Waals surface area contributed by atoms with Crippen LogP contribution >= 0.6 is 0 Å². The van der Waals surface area contributed by atoms with Gasteiger partial charge in [-0.05, 0) is 79.4 Å². The molecular formula is C21H29F3N2O2S. The maximum Gasteiger partial charge on any atom is 0.417 e. The molecule has 4 aliphatic rings. The largest absolute Gasteiger partial charge is 0.417 e. The van der Waals surface area contributed by atoms with E-state index in [-0.39, 0.29) is 12.5 Å². The Morgan fingerprint density at radius 2 is 1.69 bits per heavy atom. The van der Waals surface area contributed by atoms with Crippen LogP contribution in [-0.2, 0) is 16.2 Å². The van der Waals surface area contributed by atoms with Gasteiger partial charge in [-0.2, -0.15) is 13.2 Å². The van der Waals surface area contributed by atoms with E-state index in [2.05, 4.69) is 23.9 Å². The van der Waals surface area contributed by atoms with E-state index >= 15 is 0 Å². The maximum absolute atomic E-state index is 13.6. The lowest BCUT2D eigenvalue weighted by molar-refractivity contribution is -0.139. The van der Waals surface area contributed by atoms with Crippen LogP contribution in [-0.4, -0.2) is 21.5 Å². The number of sulfonamides is 1. The second-order valence-corrected chi connectivity index (χ2v) is 11.4. The van der Waals surface area contributed by atoms with Crippen molar-refractivity contribution < 1.29 is 21.6 Å². The van der Waals surface area contributed by atoms with Gasteiger partial charge in [0.1, 0.15) is 0 Å². The van der Waals surface area contributed by atoms with Crippen molar-refractivity contribution in [3.8, 4) is 0 Å². The summed E-state index contributed by atoms with van der Waals surface area (Å²) in [6, 6.07) is 3.44. The first-order chi connectivity index (χ1) is 13.5. The Bertz CT molecular complexity index is 864. The molecule has 1 aromatic carbocycles. The van der Waals surface area contributed by atoms with E-state index in [0.717, 1.165) is 37.8 Å². The van der Waals surface area contributed by atoms with Crippen molar-refractivity contribution in [1.82, 2.24) is 4.72 Å². The molecule has 0 aromatic heterocycles. The van der Waals surface area contributed by atoms with E-state index < -0.39 is 26.7 Å². The van der Waals surface area contributed by atoms with Gasteiger partial charge < -0.3 is 5.32 Å². The monoisotopic (exact) mass is 430 g/mol. The fourth-order valence-corrected chi connectivity index (χ4v) is 6.30. The predicted molar refractivity (Wildman–Crippen MR) is 106 cm³/mol. The van der Waals surface area contributed by atoms with Crippen LogP contribution in [0.2, 0.25) is 0 Å². The molecule has 0 aliphatic heterocycles. The molecule has 162 valence electrons. The van der Waals surface area contributed by atoms with E-state index in [0.29, 0.717) is 35.4 Å². The Morgan fingerprint density at radius 1 is 1.03 bits per heavy atom. The third kappa shape index (κ3) is 4.29. The molecule has 0 radical (unpaired) electrons. The highest BCUT2D eigenvalue weighted by Crippen LogP contribution is 2.60. The third-order valence-corrected chi connectivity index (χ3v) is 8.82.